The number of hydrogen-bond acceptors (Lipinski definition) is 4. The van der Waals surface area contributed by atoms with Gasteiger partial charge in [0.2, 0.25) is 0 Å². The third-order valence-corrected chi connectivity index (χ3v) is 5.48. The number of nitrogens with zero attached hydrogens (tertiary/aromatic N) is 2. The van der Waals surface area contributed by atoms with Crippen LogP contribution in [0.25, 0.3) is 0 Å². The first kappa shape index (κ1) is 17.5. The van der Waals surface area contributed by atoms with E-state index in [0.717, 1.165) is 37.5 Å². The third-order valence-electron chi connectivity index (χ3n) is 5.48. The molecule has 6 nitrogen and oxygen atoms in total. The lowest BCUT2D eigenvalue weighted by molar-refractivity contribution is 0.0992. The highest BCUT2D eigenvalue weighted by molar-refractivity contribution is 5.80. The first-order valence-electron chi connectivity index (χ1n) is 9.46. The van der Waals surface area contributed by atoms with Crippen molar-refractivity contribution < 1.29 is 13.9 Å². The number of ether oxygens (including phenoxy) is 2. The highest BCUT2D eigenvalue weighted by atomic mass is 19.1. The van der Waals surface area contributed by atoms with Crippen LogP contribution in [-0.2, 0) is 16.0 Å². The number of nitrogens with one attached hydrogen (secondary N) is 2. The van der Waals surface area contributed by atoms with Crippen molar-refractivity contribution in [2.75, 3.05) is 38.3 Å². The van der Waals surface area contributed by atoms with Crippen molar-refractivity contribution in [3.63, 3.8) is 0 Å². The molecule has 2 N–H and O–H groups in total. The smallest absolute Gasteiger partial charge is 0.191 e. The largest absolute Gasteiger partial charge is 0.378 e. The molecule has 0 radical (unpaired) electrons. The average molecular weight is 362 g/mol. The number of fused-ring (bicyclic) bond motifs is 2. The SMILES string of the molecule is CN=C(NCc1ccc(N2CCOCC2)c(F)c1)NC1CC2CCC1O2. The summed E-state index contributed by atoms with van der Waals surface area (Å²) in [5.74, 6) is 0.555. The zero-order valence-electron chi connectivity index (χ0n) is 15.2. The normalized spacial score (nSPS) is 28.5. The van der Waals surface area contributed by atoms with E-state index in [2.05, 4.69) is 15.6 Å². The maximum Gasteiger partial charge on any atom is 0.191 e. The van der Waals surface area contributed by atoms with E-state index in [0.29, 0.717) is 43.7 Å². The molecule has 1 aromatic carbocycles. The summed E-state index contributed by atoms with van der Waals surface area (Å²) in [4.78, 5) is 6.32. The summed E-state index contributed by atoms with van der Waals surface area (Å²) in [5.41, 5.74) is 1.55. The molecule has 3 heterocycles. The minimum absolute atomic E-state index is 0.185. The predicted molar refractivity (Wildman–Crippen MR) is 99.1 cm³/mol. The molecule has 3 fully saturated rings. The van der Waals surface area contributed by atoms with Gasteiger partial charge >= 0.3 is 0 Å². The first-order chi connectivity index (χ1) is 12.7. The van der Waals surface area contributed by atoms with Gasteiger partial charge in [0, 0.05) is 26.7 Å². The molecule has 3 aliphatic heterocycles. The lowest BCUT2D eigenvalue weighted by atomic mass is 9.96. The van der Waals surface area contributed by atoms with Gasteiger partial charge in [-0.1, -0.05) is 6.07 Å². The predicted octanol–water partition coefficient (Wildman–Crippen LogP) is 1.65. The van der Waals surface area contributed by atoms with E-state index in [9.17, 15) is 4.39 Å². The number of rotatable bonds is 4. The van der Waals surface area contributed by atoms with E-state index in [1.807, 2.05) is 17.0 Å². The monoisotopic (exact) mass is 362 g/mol. The summed E-state index contributed by atoms with van der Waals surface area (Å²) < 4.78 is 25.7. The van der Waals surface area contributed by atoms with Gasteiger partial charge in [0.15, 0.2) is 5.96 Å². The van der Waals surface area contributed by atoms with Crippen LogP contribution in [0.1, 0.15) is 24.8 Å². The van der Waals surface area contributed by atoms with Gasteiger partial charge in [-0.2, -0.15) is 0 Å². The van der Waals surface area contributed by atoms with Crippen molar-refractivity contribution in [2.45, 2.75) is 44.1 Å². The van der Waals surface area contributed by atoms with E-state index in [-0.39, 0.29) is 5.82 Å². The molecule has 26 heavy (non-hydrogen) atoms. The van der Waals surface area contributed by atoms with Crippen molar-refractivity contribution in [1.29, 1.82) is 0 Å². The average Bonchev–Trinajstić information content (AvgIpc) is 3.29. The number of aliphatic imine (C=N–C) groups is 1. The molecule has 142 valence electrons. The van der Waals surface area contributed by atoms with E-state index in [1.165, 1.54) is 6.42 Å². The standard InChI is InChI=1S/C19H27FN4O2/c1-21-19(23-16-11-14-3-5-18(16)26-14)22-12-13-2-4-17(15(20)10-13)24-6-8-25-9-7-24/h2,4,10,14,16,18H,3,5-9,11-12H2,1H3,(H2,21,22,23). The summed E-state index contributed by atoms with van der Waals surface area (Å²) >= 11 is 0. The van der Waals surface area contributed by atoms with Crippen LogP contribution in [0, 0.1) is 5.82 Å². The summed E-state index contributed by atoms with van der Waals surface area (Å²) in [6.45, 7) is 3.30. The van der Waals surface area contributed by atoms with Gasteiger partial charge in [-0.3, -0.25) is 4.99 Å². The Hall–Kier alpha value is -1.86. The van der Waals surface area contributed by atoms with Crippen molar-refractivity contribution in [1.82, 2.24) is 10.6 Å². The topological polar surface area (TPSA) is 58.1 Å². The first-order valence-corrected chi connectivity index (χ1v) is 9.46. The summed E-state index contributed by atoms with van der Waals surface area (Å²) in [5, 5.41) is 6.72. The minimum Gasteiger partial charge on any atom is -0.378 e. The van der Waals surface area contributed by atoms with Crippen molar-refractivity contribution in [3.8, 4) is 0 Å². The molecule has 4 rings (SSSR count). The highest BCUT2D eigenvalue weighted by Gasteiger charge is 2.41. The number of halogens is 1. The lowest BCUT2D eigenvalue weighted by Crippen LogP contribution is -2.47. The van der Waals surface area contributed by atoms with Crippen LogP contribution in [0.15, 0.2) is 23.2 Å². The van der Waals surface area contributed by atoms with Gasteiger partial charge in [0.1, 0.15) is 5.82 Å². The number of guanidine groups is 1. The summed E-state index contributed by atoms with van der Waals surface area (Å²) in [6.07, 6.45) is 4.02. The highest BCUT2D eigenvalue weighted by Crippen LogP contribution is 2.34. The Morgan fingerprint density at radius 3 is 2.81 bits per heavy atom. The van der Waals surface area contributed by atoms with Gasteiger partial charge in [-0.15, -0.1) is 0 Å². The maximum atomic E-state index is 14.5. The summed E-state index contributed by atoms with van der Waals surface area (Å²) in [7, 11) is 1.76. The van der Waals surface area contributed by atoms with Gasteiger partial charge in [-0.05, 0) is 37.0 Å². The van der Waals surface area contributed by atoms with Crippen molar-refractivity contribution >= 4 is 11.6 Å². The minimum atomic E-state index is -0.185. The fourth-order valence-corrected chi connectivity index (χ4v) is 4.07. The van der Waals surface area contributed by atoms with E-state index in [4.69, 9.17) is 9.47 Å². The Bertz CT molecular complexity index is 663. The quantitative estimate of drug-likeness (QED) is 0.630. The molecule has 0 aromatic heterocycles. The van der Waals surface area contributed by atoms with Crippen LogP contribution < -0.4 is 15.5 Å². The van der Waals surface area contributed by atoms with Crippen LogP contribution in [0.4, 0.5) is 10.1 Å². The molecule has 0 aliphatic carbocycles. The fraction of sp³-hybridized carbons (Fsp3) is 0.632. The molecular weight excluding hydrogens is 335 g/mol. The maximum absolute atomic E-state index is 14.5. The lowest BCUT2D eigenvalue weighted by Gasteiger charge is -2.29. The molecule has 3 unspecified atom stereocenters. The molecule has 0 saturated carbocycles. The van der Waals surface area contributed by atoms with Crippen LogP contribution in [0.5, 0.6) is 0 Å². The Labute approximate surface area is 153 Å². The zero-order valence-corrected chi connectivity index (χ0v) is 15.2. The van der Waals surface area contributed by atoms with E-state index < -0.39 is 0 Å². The molecule has 3 aliphatic rings. The molecular formula is C19H27FN4O2. The summed E-state index contributed by atoms with van der Waals surface area (Å²) in [6, 6.07) is 5.75. The van der Waals surface area contributed by atoms with E-state index in [1.54, 1.807) is 13.1 Å². The number of morpholine rings is 1. The van der Waals surface area contributed by atoms with E-state index >= 15 is 0 Å². The Morgan fingerprint density at radius 2 is 2.15 bits per heavy atom. The van der Waals surface area contributed by atoms with Crippen molar-refractivity contribution in [3.05, 3.63) is 29.6 Å². The second-order valence-electron chi connectivity index (χ2n) is 7.17. The fourth-order valence-electron chi connectivity index (χ4n) is 4.07. The van der Waals surface area contributed by atoms with Crippen LogP contribution in [0.3, 0.4) is 0 Å². The third kappa shape index (κ3) is 3.78. The molecule has 3 atom stereocenters. The molecule has 1 aromatic rings. The number of anilines is 1. The number of hydrogen-bond donors (Lipinski definition) is 2. The second-order valence-corrected chi connectivity index (χ2v) is 7.17. The molecule has 0 spiro atoms. The van der Waals surface area contributed by atoms with Gasteiger partial charge in [0.25, 0.3) is 0 Å². The molecule has 2 bridgehead atoms. The van der Waals surface area contributed by atoms with Crippen LogP contribution in [0.2, 0.25) is 0 Å². The van der Waals surface area contributed by atoms with Gasteiger partial charge in [-0.25, -0.2) is 4.39 Å². The molecule has 3 saturated heterocycles. The van der Waals surface area contributed by atoms with Crippen LogP contribution >= 0.6 is 0 Å². The molecule has 7 heteroatoms. The van der Waals surface area contributed by atoms with Gasteiger partial charge in [0.05, 0.1) is 37.2 Å². The zero-order chi connectivity index (χ0) is 17.9. The van der Waals surface area contributed by atoms with Crippen molar-refractivity contribution in [2.24, 2.45) is 4.99 Å². The number of benzene rings is 1. The second kappa shape index (κ2) is 7.80. The Kier molecular flexibility index (Phi) is 5.26. The van der Waals surface area contributed by atoms with Crippen LogP contribution in [-0.4, -0.2) is 57.6 Å². The Morgan fingerprint density at radius 1 is 1.31 bits per heavy atom. The van der Waals surface area contributed by atoms with Gasteiger partial charge < -0.3 is 25.0 Å². The Balaban J connectivity index is 1.32. The molecule has 0 amide bonds.